The lowest BCUT2D eigenvalue weighted by Crippen LogP contribution is -2.33. The highest BCUT2D eigenvalue weighted by atomic mass is 32.2. The standard InChI is InChI=1S/C15H20N2OS/c1-2-19-15-8-4-7-14(13(15)10-16)18-12-6-3-5-11(17)9-12/h4,7-8,11-12H,2-3,5-6,9,17H2,1H3. The van der Waals surface area contributed by atoms with Gasteiger partial charge in [0.2, 0.25) is 0 Å². The molecule has 0 aliphatic heterocycles. The quantitative estimate of drug-likeness (QED) is 0.857. The van der Waals surface area contributed by atoms with Crippen LogP contribution in [-0.2, 0) is 0 Å². The van der Waals surface area contributed by atoms with E-state index in [1.807, 2.05) is 18.2 Å². The van der Waals surface area contributed by atoms with Gasteiger partial charge in [0, 0.05) is 10.9 Å². The van der Waals surface area contributed by atoms with E-state index in [9.17, 15) is 5.26 Å². The van der Waals surface area contributed by atoms with Gasteiger partial charge >= 0.3 is 0 Å². The van der Waals surface area contributed by atoms with Crippen molar-refractivity contribution in [1.29, 1.82) is 5.26 Å². The zero-order chi connectivity index (χ0) is 13.7. The van der Waals surface area contributed by atoms with E-state index in [0.717, 1.165) is 36.3 Å². The van der Waals surface area contributed by atoms with E-state index in [2.05, 4.69) is 13.0 Å². The summed E-state index contributed by atoms with van der Waals surface area (Å²) in [7, 11) is 0. The molecule has 1 aliphatic rings. The third-order valence-corrected chi connectivity index (χ3v) is 4.30. The molecule has 3 nitrogen and oxygen atoms in total. The maximum atomic E-state index is 9.34. The molecule has 0 heterocycles. The van der Waals surface area contributed by atoms with E-state index in [1.54, 1.807) is 11.8 Å². The molecule has 0 spiro atoms. The molecule has 1 aromatic carbocycles. The topological polar surface area (TPSA) is 59.0 Å². The Bertz CT molecular complexity index is 470. The van der Waals surface area contributed by atoms with Crippen LogP contribution in [0.4, 0.5) is 0 Å². The molecule has 2 N–H and O–H groups in total. The summed E-state index contributed by atoms with van der Waals surface area (Å²) in [5, 5.41) is 9.34. The molecular formula is C15H20N2OS. The maximum absolute atomic E-state index is 9.34. The minimum atomic E-state index is 0.151. The molecule has 0 saturated heterocycles. The van der Waals surface area contributed by atoms with Crippen LogP contribution in [0, 0.1) is 11.3 Å². The van der Waals surface area contributed by atoms with Crippen molar-refractivity contribution in [2.45, 2.75) is 49.6 Å². The van der Waals surface area contributed by atoms with Gasteiger partial charge in [-0.3, -0.25) is 0 Å². The molecule has 0 bridgehead atoms. The van der Waals surface area contributed by atoms with Crippen molar-refractivity contribution in [3.8, 4) is 11.8 Å². The molecule has 4 heteroatoms. The molecular weight excluding hydrogens is 256 g/mol. The highest BCUT2D eigenvalue weighted by Crippen LogP contribution is 2.31. The Hall–Kier alpha value is -1.18. The predicted octanol–water partition coefficient (Wildman–Crippen LogP) is 3.32. The van der Waals surface area contributed by atoms with Gasteiger partial charge in [0.1, 0.15) is 23.5 Å². The summed E-state index contributed by atoms with van der Waals surface area (Å²) in [6.45, 7) is 2.08. The number of nitrogens with zero attached hydrogens (tertiary/aromatic N) is 1. The fraction of sp³-hybridized carbons (Fsp3) is 0.533. The summed E-state index contributed by atoms with van der Waals surface area (Å²) >= 11 is 1.68. The molecule has 1 aromatic rings. The SMILES string of the molecule is CCSc1cccc(OC2CCCC(N)C2)c1C#N. The normalized spacial score (nSPS) is 22.8. The number of hydrogen-bond acceptors (Lipinski definition) is 4. The molecule has 19 heavy (non-hydrogen) atoms. The van der Waals surface area contributed by atoms with Crippen LogP contribution in [0.15, 0.2) is 23.1 Å². The molecule has 2 unspecified atom stereocenters. The molecule has 2 atom stereocenters. The monoisotopic (exact) mass is 276 g/mol. The number of rotatable bonds is 4. The van der Waals surface area contributed by atoms with E-state index in [-0.39, 0.29) is 12.1 Å². The van der Waals surface area contributed by atoms with Crippen molar-refractivity contribution in [2.24, 2.45) is 5.73 Å². The molecule has 0 amide bonds. The Morgan fingerprint density at radius 3 is 3.00 bits per heavy atom. The van der Waals surface area contributed by atoms with Crippen LogP contribution in [0.5, 0.6) is 5.75 Å². The number of benzene rings is 1. The van der Waals surface area contributed by atoms with Gasteiger partial charge in [-0.1, -0.05) is 13.0 Å². The summed E-state index contributed by atoms with van der Waals surface area (Å²) in [5.41, 5.74) is 6.64. The van der Waals surface area contributed by atoms with Crippen molar-refractivity contribution < 1.29 is 4.74 Å². The predicted molar refractivity (Wildman–Crippen MR) is 78.4 cm³/mol. The zero-order valence-electron chi connectivity index (χ0n) is 11.3. The van der Waals surface area contributed by atoms with Crippen LogP contribution in [-0.4, -0.2) is 17.9 Å². The second kappa shape index (κ2) is 6.83. The molecule has 0 radical (unpaired) electrons. The fourth-order valence-electron chi connectivity index (χ4n) is 2.46. The molecule has 1 aliphatic carbocycles. The average Bonchev–Trinajstić information content (AvgIpc) is 2.39. The second-order valence-corrected chi connectivity index (χ2v) is 6.15. The number of ether oxygens (including phenoxy) is 1. The third-order valence-electron chi connectivity index (χ3n) is 3.36. The summed E-state index contributed by atoms with van der Waals surface area (Å²) < 4.78 is 6.02. The molecule has 102 valence electrons. The Labute approximate surface area is 119 Å². The van der Waals surface area contributed by atoms with Gasteiger partial charge in [-0.25, -0.2) is 0 Å². The highest BCUT2D eigenvalue weighted by Gasteiger charge is 2.22. The van der Waals surface area contributed by atoms with E-state index in [1.165, 1.54) is 0 Å². The van der Waals surface area contributed by atoms with Crippen molar-refractivity contribution in [3.05, 3.63) is 23.8 Å². The van der Waals surface area contributed by atoms with Crippen molar-refractivity contribution in [2.75, 3.05) is 5.75 Å². The lowest BCUT2D eigenvalue weighted by atomic mass is 9.93. The lowest BCUT2D eigenvalue weighted by Gasteiger charge is -2.27. The minimum absolute atomic E-state index is 0.151. The van der Waals surface area contributed by atoms with Crippen LogP contribution < -0.4 is 10.5 Å². The largest absolute Gasteiger partial charge is 0.489 e. The van der Waals surface area contributed by atoms with Crippen LogP contribution in [0.2, 0.25) is 0 Å². The highest BCUT2D eigenvalue weighted by molar-refractivity contribution is 7.99. The van der Waals surface area contributed by atoms with Gasteiger partial charge < -0.3 is 10.5 Å². The lowest BCUT2D eigenvalue weighted by molar-refractivity contribution is 0.144. The Morgan fingerprint density at radius 1 is 1.47 bits per heavy atom. The molecule has 2 rings (SSSR count). The Balaban J connectivity index is 2.15. The molecule has 0 aromatic heterocycles. The van der Waals surface area contributed by atoms with Crippen LogP contribution in [0.3, 0.4) is 0 Å². The van der Waals surface area contributed by atoms with Gasteiger partial charge in [-0.2, -0.15) is 5.26 Å². The summed E-state index contributed by atoms with van der Waals surface area (Å²) in [5.74, 6) is 1.66. The Kier molecular flexibility index (Phi) is 5.12. The van der Waals surface area contributed by atoms with Crippen LogP contribution in [0.25, 0.3) is 0 Å². The summed E-state index contributed by atoms with van der Waals surface area (Å²) in [6, 6.07) is 8.33. The number of hydrogen-bond donors (Lipinski definition) is 1. The van der Waals surface area contributed by atoms with E-state index in [0.29, 0.717) is 11.3 Å². The maximum Gasteiger partial charge on any atom is 0.138 e. The first-order valence-electron chi connectivity index (χ1n) is 6.82. The average molecular weight is 276 g/mol. The van der Waals surface area contributed by atoms with Crippen LogP contribution >= 0.6 is 11.8 Å². The first kappa shape index (κ1) is 14.2. The first-order valence-corrected chi connectivity index (χ1v) is 7.81. The van der Waals surface area contributed by atoms with Crippen molar-refractivity contribution >= 4 is 11.8 Å². The second-order valence-electron chi connectivity index (χ2n) is 4.84. The minimum Gasteiger partial charge on any atom is -0.489 e. The van der Waals surface area contributed by atoms with Crippen molar-refractivity contribution in [1.82, 2.24) is 0 Å². The number of nitriles is 1. The van der Waals surface area contributed by atoms with Gasteiger partial charge in [0.15, 0.2) is 0 Å². The van der Waals surface area contributed by atoms with Gasteiger partial charge in [-0.15, -0.1) is 11.8 Å². The summed E-state index contributed by atoms with van der Waals surface area (Å²) in [6.07, 6.45) is 4.26. The van der Waals surface area contributed by atoms with Gasteiger partial charge in [-0.05, 0) is 43.6 Å². The van der Waals surface area contributed by atoms with Gasteiger partial charge in [0.25, 0.3) is 0 Å². The molecule has 1 fully saturated rings. The Morgan fingerprint density at radius 2 is 2.32 bits per heavy atom. The smallest absolute Gasteiger partial charge is 0.138 e. The summed E-state index contributed by atoms with van der Waals surface area (Å²) in [4.78, 5) is 1.00. The van der Waals surface area contributed by atoms with Crippen molar-refractivity contribution in [3.63, 3.8) is 0 Å². The van der Waals surface area contributed by atoms with E-state index in [4.69, 9.17) is 10.5 Å². The number of nitrogens with two attached hydrogens (primary N) is 1. The number of thioether (sulfide) groups is 1. The van der Waals surface area contributed by atoms with Crippen LogP contribution in [0.1, 0.15) is 38.2 Å². The van der Waals surface area contributed by atoms with Gasteiger partial charge in [0.05, 0.1) is 0 Å². The molecule has 1 saturated carbocycles. The zero-order valence-corrected chi connectivity index (χ0v) is 12.1. The van der Waals surface area contributed by atoms with E-state index < -0.39 is 0 Å². The first-order chi connectivity index (χ1) is 9.24. The van der Waals surface area contributed by atoms with E-state index >= 15 is 0 Å². The fourth-order valence-corrected chi connectivity index (χ4v) is 3.24. The third kappa shape index (κ3) is 3.65.